The fourth-order valence-electron chi connectivity index (χ4n) is 2.61. The number of aromatic nitrogens is 1. The molecule has 2 heterocycles. The number of guanidine groups is 1. The Bertz CT molecular complexity index is 423. The lowest BCUT2D eigenvalue weighted by Gasteiger charge is -2.23. The molecule has 120 valence electrons. The molecule has 0 bridgehead atoms. The van der Waals surface area contributed by atoms with Crippen molar-refractivity contribution in [2.45, 2.75) is 38.6 Å². The van der Waals surface area contributed by atoms with Gasteiger partial charge in [0.2, 0.25) is 0 Å². The average Bonchev–Trinajstić information content (AvgIpc) is 3.12. The van der Waals surface area contributed by atoms with E-state index in [9.17, 15) is 0 Å². The number of rotatable bonds is 6. The highest BCUT2D eigenvalue weighted by atomic mass is 127. The fourth-order valence-corrected chi connectivity index (χ4v) is 3.30. The number of likely N-dealkylation sites (tertiary alicyclic amines) is 1. The predicted octanol–water partition coefficient (Wildman–Crippen LogP) is 2.25. The van der Waals surface area contributed by atoms with Gasteiger partial charge < -0.3 is 11.1 Å². The molecule has 1 aliphatic heterocycles. The number of nitrogens with one attached hydrogen (secondary N) is 1. The average molecular weight is 423 g/mol. The van der Waals surface area contributed by atoms with Crippen molar-refractivity contribution in [1.29, 1.82) is 0 Å². The molecule has 0 spiro atoms. The molecular formula is C14H26IN5S. The monoisotopic (exact) mass is 423 g/mol. The highest BCUT2D eigenvalue weighted by Crippen LogP contribution is 2.17. The van der Waals surface area contributed by atoms with E-state index in [1.165, 1.54) is 19.4 Å². The van der Waals surface area contributed by atoms with E-state index in [1.807, 2.05) is 11.6 Å². The molecule has 2 atom stereocenters. The summed E-state index contributed by atoms with van der Waals surface area (Å²) in [6.07, 6.45) is 4.38. The van der Waals surface area contributed by atoms with Crippen LogP contribution in [-0.4, -0.2) is 48.1 Å². The van der Waals surface area contributed by atoms with E-state index >= 15 is 0 Å². The van der Waals surface area contributed by atoms with Gasteiger partial charge in [-0.3, -0.25) is 9.89 Å². The molecule has 2 unspecified atom stereocenters. The Hall–Kier alpha value is -0.410. The van der Waals surface area contributed by atoms with Gasteiger partial charge in [0.1, 0.15) is 0 Å². The summed E-state index contributed by atoms with van der Waals surface area (Å²) in [7, 11) is 0. The van der Waals surface area contributed by atoms with Crippen LogP contribution >= 0.6 is 35.3 Å². The Labute approximate surface area is 148 Å². The fraction of sp³-hybridized carbons (Fsp3) is 0.714. The van der Waals surface area contributed by atoms with E-state index in [1.54, 1.807) is 11.3 Å². The second kappa shape index (κ2) is 9.58. The van der Waals surface area contributed by atoms with E-state index in [2.05, 4.69) is 34.0 Å². The third-order valence-corrected chi connectivity index (χ3v) is 4.84. The molecular weight excluding hydrogens is 397 g/mol. The molecule has 1 aliphatic rings. The van der Waals surface area contributed by atoms with Gasteiger partial charge in [-0.2, -0.15) is 0 Å². The largest absolute Gasteiger partial charge is 0.370 e. The van der Waals surface area contributed by atoms with Crippen LogP contribution in [0.2, 0.25) is 0 Å². The van der Waals surface area contributed by atoms with E-state index in [0.29, 0.717) is 24.5 Å². The van der Waals surface area contributed by atoms with Crippen molar-refractivity contribution in [2.75, 3.05) is 26.2 Å². The lowest BCUT2D eigenvalue weighted by atomic mass is 10.2. The molecule has 1 saturated heterocycles. The third-order valence-electron chi connectivity index (χ3n) is 3.83. The highest BCUT2D eigenvalue weighted by Gasteiger charge is 2.22. The van der Waals surface area contributed by atoms with Crippen LogP contribution in [0.3, 0.4) is 0 Å². The van der Waals surface area contributed by atoms with Crippen LogP contribution < -0.4 is 11.1 Å². The van der Waals surface area contributed by atoms with Crippen LogP contribution in [-0.2, 0) is 0 Å². The van der Waals surface area contributed by atoms with Gasteiger partial charge in [-0.05, 0) is 25.9 Å². The van der Waals surface area contributed by atoms with E-state index < -0.39 is 0 Å². The first-order valence-electron chi connectivity index (χ1n) is 7.38. The van der Waals surface area contributed by atoms with Gasteiger partial charge in [0, 0.05) is 30.1 Å². The number of likely N-dealkylation sites (N-methyl/N-ethyl adjacent to an activating group) is 1. The zero-order chi connectivity index (χ0) is 14.4. The topological polar surface area (TPSA) is 66.5 Å². The molecule has 0 radical (unpaired) electrons. The van der Waals surface area contributed by atoms with Gasteiger partial charge in [-0.25, -0.2) is 4.98 Å². The SMILES string of the molecule is CCN1CCCC1CNC(N)=NCC(C)c1nccs1.I. The van der Waals surface area contributed by atoms with Crippen molar-refractivity contribution in [3.63, 3.8) is 0 Å². The van der Waals surface area contributed by atoms with E-state index in [0.717, 1.165) is 18.1 Å². The minimum atomic E-state index is 0. The highest BCUT2D eigenvalue weighted by molar-refractivity contribution is 14.0. The smallest absolute Gasteiger partial charge is 0.188 e. The molecule has 0 saturated carbocycles. The Kier molecular flexibility index (Phi) is 8.50. The van der Waals surface area contributed by atoms with Crippen molar-refractivity contribution < 1.29 is 0 Å². The van der Waals surface area contributed by atoms with Gasteiger partial charge in [-0.15, -0.1) is 35.3 Å². The van der Waals surface area contributed by atoms with Gasteiger partial charge in [-0.1, -0.05) is 13.8 Å². The second-order valence-electron chi connectivity index (χ2n) is 5.30. The Morgan fingerprint density at radius 3 is 3.14 bits per heavy atom. The first kappa shape index (κ1) is 18.6. The van der Waals surface area contributed by atoms with Crippen molar-refractivity contribution >= 4 is 41.3 Å². The number of nitrogens with zero attached hydrogens (tertiary/aromatic N) is 3. The Balaban J connectivity index is 0.00000220. The zero-order valence-corrected chi connectivity index (χ0v) is 15.9. The minimum absolute atomic E-state index is 0. The number of hydrogen-bond acceptors (Lipinski definition) is 4. The second-order valence-corrected chi connectivity index (χ2v) is 6.23. The van der Waals surface area contributed by atoms with Gasteiger partial charge >= 0.3 is 0 Å². The van der Waals surface area contributed by atoms with Crippen LogP contribution in [0.25, 0.3) is 0 Å². The molecule has 5 nitrogen and oxygen atoms in total. The van der Waals surface area contributed by atoms with Crippen LogP contribution in [0.15, 0.2) is 16.6 Å². The maximum atomic E-state index is 5.94. The summed E-state index contributed by atoms with van der Waals surface area (Å²) in [5.74, 6) is 0.880. The van der Waals surface area contributed by atoms with Crippen molar-refractivity contribution in [3.8, 4) is 0 Å². The minimum Gasteiger partial charge on any atom is -0.370 e. The molecule has 0 aromatic carbocycles. The quantitative estimate of drug-likeness (QED) is 0.419. The number of halogens is 1. The maximum Gasteiger partial charge on any atom is 0.188 e. The third kappa shape index (κ3) is 5.71. The summed E-state index contributed by atoms with van der Waals surface area (Å²) in [4.78, 5) is 11.2. The van der Waals surface area contributed by atoms with Gasteiger partial charge in [0.25, 0.3) is 0 Å². The summed E-state index contributed by atoms with van der Waals surface area (Å²) < 4.78 is 0. The molecule has 1 fully saturated rings. The molecule has 7 heteroatoms. The lowest BCUT2D eigenvalue weighted by Crippen LogP contribution is -2.42. The van der Waals surface area contributed by atoms with Gasteiger partial charge in [0.15, 0.2) is 5.96 Å². The maximum absolute atomic E-state index is 5.94. The molecule has 0 aliphatic carbocycles. The molecule has 1 aromatic rings. The lowest BCUT2D eigenvalue weighted by molar-refractivity contribution is 0.267. The van der Waals surface area contributed by atoms with Crippen LogP contribution in [0.5, 0.6) is 0 Å². The Morgan fingerprint density at radius 2 is 2.48 bits per heavy atom. The standard InChI is InChI=1S/C14H25N5S.HI/c1-3-19-7-4-5-12(19)10-18-14(15)17-9-11(2)13-16-6-8-20-13;/h6,8,11-12H,3-5,7,9-10H2,1-2H3,(H3,15,17,18);1H. The summed E-state index contributed by atoms with van der Waals surface area (Å²) in [5, 5.41) is 6.38. The van der Waals surface area contributed by atoms with Crippen molar-refractivity contribution in [3.05, 3.63) is 16.6 Å². The zero-order valence-electron chi connectivity index (χ0n) is 12.8. The number of thiazole rings is 1. The van der Waals surface area contributed by atoms with E-state index in [-0.39, 0.29) is 24.0 Å². The first-order valence-corrected chi connectivity index (χ1v) is 8.26. The number of hydrogen-bond donors (Lipinski definition) is 2. The predicted molar refractivity (Wildman–Crippen MR) is 101 cm³/mol. The Morgan fingerprint density at radius 1 is 1.67 bits per heavy atom. The normalized spacial score (nSPS) is 21.0. The summed E-state index contributed by atoms with van der Waals surface area (Å²) in [6, 6.07) is 0.602. The van der Waals surface area contributed by atoms with E-state index in [4.69, 9.17) is 5.73 Å². The first-order chi connectivity index (χ1) is 9.70. The molecule has 0 amide bonds. The summed E-state index contributed by atoms with van der Waals surface area (Å²) in [6.45, 7) is 8.26. The number of aliphatic imine (C=N–C) groups is 1. The van der Waals surface area contributed by atoms with Gasteiger partial charge in [0.05, 0.1) is 11.6 Å². The number of nitrogens with two attached hydrogens (primary N) is 1. The summed E-state index contributed by atoms with van der Waals surface area (Å²) >= 11 is 1.67. The van der Waals surface area contributed by atoms with Crippen molar-refractivity contribution in [1.82, 2.24) is 15.2 Å². The van der Waals surface area contributed by atoms with Crippen LogP contribution in [0.1, 0.15) is 37.6 Å². The van der Waals surface area contributed by atoms with Crippen LogP contribution in [0.4, 0.5) is 0 Å². The molecule has 21 heavy (non-hydrogen) atoms. The molecule has 1 aromatic heterocycles. The molecule has 2 rings (SSSR count). The molecule has 3 N–H and O–H groups in total. The van der Waals surface area contributed by atoms with Crippen LogP contribution in [0, 0.1) is 0 Å². The van der Waals surface area contributed by atoms with Crippen molar-refractivity contribution in [2.24, 2.45) is 10.7 Å². The summed E-state index contributed by atoms with van der Waals surface area (Å²) in [5.41, 5.74) is 5.94.